The Hall–Kier alpha value is -3.85. The van der Waals surface area contributed by atoms with E-state index in [4.69, 9.17) is 5.26 Å². The van der Waals surface area contributed by atoms with Gasteiger partial charge >= 0.3 is 0 Å². The lowest BCUT2D eigenvalue weighted by Gasteiger charge is -2.15. The Morgan fingerprint density at radius 2 is 1.97 bits per heavy atom. The van der Waals surface area contributed by atoms with Crippen LogP contribution in [0.5, 0.6) is 0 Å². The van der Waals surface area contributed by atoms with Gasteiger partial charge in [0.2, 0.25) is 11.8 Å². The number of nitriles is 1. The van der Waals surface area contributed by atoms with Crippen molar-refractivity contribution in [3.05, 3.63) is 66.4 Å². The number of fused-ring (bicyclic) bond motifs is 1. The van der Waals surface area contributed by atoms with Crippen LogP contribution in [0.25, 0.3) is 17.0 Å². The first-order chi connectivity index (χ1) is 14.7. The fraction of sp³-hybridized carbons (Fsp3) is 0.208. The highest BCUT2D eigenvalue weighted by Crippen LogP contribution is 2.24. The van der Waals surface area contributed by atoms with Crippen LogP contribution in [-0.4, -0.2) is 22.9 Å². The molecule has 2 amide bonds. The zero-order valence-corrected chi connectivity index (χ0v) is 16.5. The van der Waals surface area contributed by atoms with Crippen molar-refractivity contribution < 1.29 is 9.59 Å². The summed E-state index contributed by atoms with van der Waals surface area (Å²) in [5, 5.41) is 12.8. The summed E-state index contributed by atoms with van der Waals surface area (Å²) in [6, 6.07) is 17.4. The van der Waals surface area contributed by atoms with E-state index >= 15 is 0 Å². The predicted molar refractivity (Wildman–Crippen MR) is 118 cm³/mol. The summed E-state index contributed by atoms with van der Waals surface area (Å²) in [6.45, 7) is 1.36. The lowest BCUT2D eigenvalue weighted by Crippen LogP contribution is -2.23. The van der Waals surface area contributed by atoms with Crippen LogP contribution in [-0.2, 0) is 16.1 Å². The minimum absolute atomic E-state index is 0.142. The van der Waals surface area contributed by atoms with Gasteiger partial charge in [-0.25, -0.2) is 0 Å². The zero-order chi connectivity index (χ0) is 20.9. The maximum atomic E-state index is 12.4. The summed E-state index contributed by atoms with van der Waals surface area (Å²) in [6.07, 6.45) is 7.17. The van der Waals surface area contributed by atoms with E-state index in [1.165, 1.54) is 6.08 Å². The van der Waals surface area contributed by atoms with Crippen LogP contribution in [0.2, 0.25) is 0 Å². The van der Waals surface area contributed by atoms with Crippen molar-refractivity contribution in [2.24, 2.45) is 0 Å². The summed E-state index contributed by atoms with van der Waals surface area (Å²) in [4.78, 5) is 26.0. The summed E-state index contributed by atoms with van der Waals surface area (Å²) in [5.74, 6) is -0.0856. The molecule has 2 heterocycles. The van der Waals surface area contributed by atoms with Gasteiger partial charge in [0.15, 0.2) is 0 Å². The first-order valence-corrected chi connectivity index (χ1v) is 10.00. The molecule has 1 aliphatic heterocycles. The molecule has 4 rings (SSSR count). The van der Waals surface area contributed by atoms with Crippen LogP contribution in [0.3, 0.4) is 0 Å². The second-order valence-electron chi connectivity index (χ2n) is 7.22. The van der Waals surface area contributed by atoms with Gasteiger partial charge in [0, 0.05) is 59.6 Å². The number of nitrogens with one attached hydrogen (secondary N) is 1. The van der Waals surface area contributed by atoms with Gasteiger partial charge in [0.1, 0.15) is 0 Å². The monoisotopic (exact) mass is 398 g/mol. The van der Waals surface area contributed by atoms with Gasteiger partial charge in [-0.15, -0.1) is 0 Å². The number of aromatic nitrogens is 1. The van der Waals surface area contributed by atoms with Crippen LogP contribution in [0.15, 0.2) is 60.8 Å². The molecule has 0 unspecified atom stereocenters. The minimum Gasteiger partial charge on any atom is -0.346 e. The molecule has 0 bridgehead atoms. The second-order valence-corrected chi connectivity index (χ2v) is 7.22. The Morgan fingerprint density at radius 1 is 1.17 bits per heavy atom. The third-order valence-electron chi connectivity index (χ3n) is 5.22. The zero-order valence-electron chi connectivity index (χ0n) is 16.5. The largest absolute Gasteiger partial charge is 0.346 e. The van der Waals surface area contributed by atoms with Crippen LogP contribution in [0.4, 0.5) is 11.4 Å². The number of anilines is 2. The molecular formula is C24H22N4O2. The number of nitrogens with zero attached hydrogens (tertiary/aromatic N) is 3. The summed E-state index contributed by atoms with van der Waals surface area (Å²) < 4.78 is 2.04. The van der Waals surface area contributed by atoms with Gasteiger partial charge in [-0.1, -0.05) is 18.2 Å². The number of aryl methyl sites for hydroxylation is 1. The third kappa shape index (κ3) is 4.11. The number of hydrogen-bond donors (Lipinski definition) is 1. The second kappa shape index (κ2) is 8.66. The van der Waals surface area contributed by atoms with Gasteiger partial charge in [-0.3, -0.25) is 9.59 Å². The Bertz CT molecular complexity index is 1150. The first-order valence-electron chi connectivity index (χ1n) is 10.00. The summed E-state index contributed by atoms with van der Waals surface area (Å²) in [7, 11) is 0. The fourth-order valence-electron chi connectivity index (χ4n) is 3.76. The number of benzene rings is 2. The van der Waals surface area contributed by atoms with E-state index in [2.05, 4.69) is 11.4 Å². The third-order valence-corrected chi connectivity index (χ3v) is 5.22. The van der Waals surface area contributed by atoms with Crippen molar-refractivity contribution in [2.45, 2.75) is 25.8 Å². The van der Waals surface area contributed by atoms with Crippen LogP contribution in [0, 0.1) is 11.3 Å². The lowest BCUT2D eigenvalue weighted by molar-refractivity contribution is -0.117. The van der Waals surface area contributed by atoms with Crippen LogP contribution in [0.1, 0.15) is 24.8 Å². The smallest absolute Gasteiger partial charge is 0.248 e. The Morgan fingerprint density at radius 3 is 2.70 bits per heavy atom. The number of para-hydroxylation sites is 1. The number of carbonyl (C=O) groups is 2. The molecular weight excluding hydrogens is 376 g/mol. The Labute approximate surface area is 175 Å². The first kappa shape index (κ1) is 19.5. The number of hydrogen-bond acceptors (Lipinski definition) is 3. The molecule has 1 N–H and O–H groups in total. The van der Waals surface area contributed by atoms with Crippen LogP contribution >= 0.6 is 0 Å². The highest BCUT2D eigenvalue weighted by Gasteiger charge is 2.21. The molecule has 0 spiro atoms. The molecule has 0 aliphatic carbocycles. The average molecular weight is 398 g/mol. The van der Waals surface area contributed by atoms with Gasteiger partial charge in [0.25, 0.3) is 0 Å². The molecule has 30 heavy (non-hydrogen) atoms. The van der Waals surface area contributed by atoms with Crippen molar-refractivity contribution >= 4 is 40.2 Å². The maximum absolute atomic E-state index is 12.4. The minimum atomic E-state index is -0.228. The molecule has 1 fully saturated rings. The molecule has 6 nitrogen and oxygen atoms in total. The number of carbonyl (C=O) groups excluding carboxylic acids is 2. The van der Waals surface area contributed by atoms with Gasteiger partial charge in [0.05, 0.1) is 12.5 Å². The van der Waals surface area contributed by atoms with E-state index in [9.17, 15) is 9.59 Å². The highest BCUT2D eigenvalue weighted by atomic mass is 16.2. The van der Waals surface area contributed by atoms with Crippen molar-refractivity contribution in [1.82, 2.24) is 4.57 Å². The molecule has 1 saturated heterocycles. The maximum Gasteiger partial charge on any atom is 0.248 e. The predicted octanol–water partition coefficient (Wildman–Crippen LogP) is 4.33. The van der Waals surface area contributed by atoms with Crippen LogP contribution < -0.4 is 10.2 Å². The van der Waals surface area contributed by atoms with Crippen molar-refractivity contribution in [1.29, 1.82) is 5.26 Å². The van der Waals surface area contributed by atoms with Gasteiger partial charge in [-0.2, -0.15) is 5.26 Å². The van der Waals surface area contributed by atoms with Crippen molar-refractivity contribution in [3.63, 3.8) is 0 Å². The summed E-state index contributed by atoms with van der Waals surface area (Å²) in [5.41, 5.74) is 3.51. The molecule has 150 valence electrons. The van der Waals surface area contributed by atoms with E-state index in [0.29, 0.717) is 25.1 Å². The van der Waals surface area contributed by atoms with E-state index in [-0.39, 0.29) is 11.8 Å². The van der Waals surface area contributed by atoms with Gasteiger partial charge < -0.3 is 14.8 Å². The quantitative estimate of drug-likeness (QED) is 0.628. The van der Waals surface area contributed by atoms with E-state index in [1.54, 1.807) is 23.1 Å². The molecule has 3 aromatic rings. The van der Waals surface area contributed by atoms with E-state index in [1.807, 2.05) is 47.2 Å². The molecule has 0 atom stereocenters. The van der Waals surface area contributed by atoms with Gasteiger partial charge in [-0.05, 0) is 42.8 Å². The molecule has 0 saturated carbocycles. The topological polar surface area (TPSA) is 78.1 Å². The highest BCUT2D eigenvalue weighted by molar-refractivity contribution is 6.03. The fourth-order valence-corrected chi connectivity index (χ4v) is 3.76. The van der Waals surface area contributed by atoms with E-state index in [0.717, 1.165) is 35.1 Å². The molecule has 1 aromatic heterocycles. The lowest BCUT2D eigenvalue weighted by atomic mass is 10.1. The molecule has 1 aliphatic rings. The molecule has 0 radical (unpaired) electrons. The number of amides is 2. The average Bonchev–Trinajstić information content (AvgIpc) is 3.35. The molecule has 2 aromatic carbocycles. The van der Waals surface area contributed by atoms with Crippen molar-refractivity contribution in [2.75, 3.05) is 16.8 Å². The summed E-state index contributed by atoms with van der Waals surface area (Å²) >= 11 is 0. The van der Waals surface area contributed by atoms with E-state index < -0.39 is 0 Å². The normalized spacial score (nSPS) is 13.8. The Kier molecular flexibility index (Phi) is 5.62. The molecule has 6 heteroatoms. The standard InChI is InChI=1S/C24H22N4O2/c25-14-4-15-27-17-18(21-5-1-2-6-22(21)27)8-13-23(29)26-19-9-11-20(12-10-19)28-16-3-7-24(28)30/h1-2,5-6,8-13,17H,3-4,7,15-16H2,(H,26,29)/b13-8+. The Balaban J connectivity index is 1.45. The van der Waals surface area contributed by atoms with Crippen molar-refractivity contribution in [3.8, 4) is 6.07 Å². The number of rotatable bonds is 6. The SMILES string of the molecule is N#CCCn1cc(/C=C/C(=O)Nc2ccc(N3CCCC3=O)cc2)c2ccccc21.